The minimum Gasteiger partial charge on any atom is -0.354 e. The molecule has 19 heavy (non-hydrogen) atoms. The maximum Gasteiger partial charge on any atom is 0.236 e. The number of carbonyl (C=O) groups is 1. The second-order valence-electron chi connectivity index (χ2n) is 6.98. The predicted octanol–water partition coefficient (Wildman–Crippen LogP) is 3.20. The molecule has 0 aliphatic heterocycles. The van der Waals surface area contributed by atoms with E-state index in [-0.39, 0.29) is 11.9 Å². The normalized spacial score (nSPS) is 13.6. The molecule has 0 saturated heterocycles. The minimum atomic E-state index is -0.110. The molecule has 0 aromatic carbocycles. The van der Waals surface area contributed by atoms with Gasteiger partial charge in [-0.2, -0.15) is 0 Å². The highest BCUT2D eigenvalue weighted by atomic mass is 16.2. The first-order valence-corrected chi connectivity index (χ1v) is 7.76. The summed E-state index contributed by atoms with van der Waals surface area (Å²) in [5, 5.41) is 6.48. The zero-order valence-electron chi connectivity index (χ0n) is 13.9. The molecule has 0 heterocycles. The average molecular weight is 270 g/mol. The van der Waals surface area contributed by atoms with Crippen molar-refractivity contribution < 1.29 is 4.79 Å². The Labute approximate surface area is 119 Å². The van der Waals surface area contributed by atoms with E-state index in [0.29, 0.717) is 23.8 Å². The van der Waals surface area contributed by atoms with E-state index in [0.717, 1.165) is 19.4 Å². The van der Waals surface area contributed by atoms with Crippen molar-refractivity contribution in [3.05, 3.63) is 0 Å². The molecule has 0 aliphatic carbocycles. The number of nitrogens with one attached hydrogen (secondary N) is 2. The largest absolute Gasteiger partial charge is 0.354 e. The van der Waals surface area contributed by atoms with Crippen LogP contribution in [0, 0.1) is 17.8 Å². The zero-order valence-corrected chi connectivity index (χ0v) is 13.9. The first kappa shape index (κ1) is 18.4. The van der Waals surface area contributed by atoms with E-state index in [1.165, 1.54) is 0 Å². The second kappa shape index (κ2) is 9.35. The van der Waals surface area contributed by atoms with Crippen molar-refractivity contribution in [3.63, 3.8) is 0 Å². The van der Waals surface area contributed by atoms with Crippen molar-refractivity contribution in [1.29, 1.82) is 0 Å². The molecule has 1 unspecified atom stereocenters. The molecule has 0 rings (SSSR count). The third-order valence-corrected chi connectivity index (χ3v) is 3.08. The summed E-state index contributed by atoms with van der Waals surface area (Å²) in [6, 6.07) is 0.320. The number of hydrogen-bond acceptors (Lipinski definition) is 2. The average Bonchev–Trinajstić information content (AvgIpc) is 2.23. The monoisotopic (exact) mass is 270 g/mol. The highest BCUT2D eigenvalue weighted by Crippen LogP contribution is 2.14. The van der Waals surface area contributed by atoms with Crippen molar-refractivity contribution >= 4 is 5.91 Å². The van der Waals surface area contributed by atoms with Gasteiger partial charge in [0.25, 0.3) is 0 Å². The van der Waals surface area contributed by atoms with Crippen molar-refractivity contribution in [2.45, 2.75) is 73.4 Å². The number of carbonyl (C=O) groups excluding carboxylic acids is 1. The molecule has 1 atom stereocenters. The Balaban J connectivity index is 4.27. The Hall–Kier alpha value is -0.570. The van der Waals surface area contributed by atoms with E-state index in [2.05, 4.69) is 52.2 Å². The Kier molecular flexibility index (Phi) is 9.07. The van der Waals surface area contributed by atoms with Crippen LogP contribution in [-0.4, -0.2) is 24.5 Å². The van der Waals surface area contributed by atoms with Crippen molar-refractivity contribution in [2.75, 3.05) is 6.54 Å². The lowest BCUT2D eigenvalue weighted by molar-refractivity contribution is -0.123. The van der Waals surface area contributed by atoms with Gasteiger partial charge in [-0.3, -0.25) is 4.79 Å². The summed E-state index contributed by atoms with van der Waals surface area (Å²) < 4.78 is 0. The van der Waals surface area contributed by atoms with Gasteiger partial charge in [0.05, 0.1) is 6.04 Å². The summed E-state index contributed by atoms with van der Waals surface area (Å²) in [5.74, 6) is 1.92. The molecular formula is C16H34N2O. The zero-order chi connectivity index (χ0) is 15.0. The summed E-state index contributed by atoms with van der Waals surface area (Å²) in [4.78, 5) is 12.0. The molecule has 0 aromatic heterocycles. The van der Waals surface area contributed by atoms with Gasteiger partial charge in [-0.15, -0.1) is 0 Å². The van der Waals surface area contributed by atoms with Crippen LogP contribution in [0.25, 0.3) is 0 Å². The summed E-state index contributed by atoms with van der Waals surface area (Å²) in [6.45, 7) is 15.9. The van der Waals surface area contributed by atoms with Crippen molar-refractivity contribution in [3.8, 4) is 0 Å². The molecule has 0 aromatic rings. The van der Waals surface area contributed by atoms with Gasteiger partial charge >= 0.3 is 0 Å². The van der Waals surface area contributed by atoms with E-state index < -0.39 is 0 Å². The first-order chi connectivity index (χ1) is 8.72. The molecule has 0 radical (unpaired) electrons. The maximum absolute atomic E-state index is 12.0. The maximum atomic E-state index is 12.0. The molecule has 0 saturated carbocycles. The van der Waals surface area contributed by atoms with Gasteiger partial charge in [-0.25, -0.2) is 0 Å². The third-order valence-electron chi connectivity index (χ3n) is 3.08. The standard InChI is InChI=1S/C16H34N2O/c1-11(2)8-15(9-12(3)4)18-14(7)16(19)17-10-13(5)6/h11-15,18H,8-10H2,1-7H3,(H,17,19). The van der Waals surface area contributed by atoms with E-state index >= 15 is 0 Å². The molecular weight excluding hydrogens is 236 g/mol. The summed E-state index contributed by atoms with van der Waals surface area (Å²) in [7, 11) is 0. The fraction of sp³-hybridized carbons (Fsp3) is 0.938. The predicted molar refractivity (Wildman–Crippen MR) is 83.1 cm³/mol. The van der Waals surface area contributed by atoms with E-state index in [1.807, 2.05) is 6.92 Å². The SMILES string of the molecule is CC(C)CNC(=O)C(C)NC(CC(C)C)CC(C)C. The summed E-state index contributed by atoms with van der Waals surface area (Å²) in [6.07, 6.45) is 2.25. The van der Waals surface area contributed by atoms with Gasteiger partial charge in [0, 0.05) is 12.6 Å². The highest BCUT2D eigenvalue weighted by molar-refractivity contribution is 5.81. The fourth-order valence-electron chi connectivity index (χ4n) is 2.26. The molecule has 0 aliphatic rings. The fourth-order valence-corrected chi connectivity index (χ4v) is 2.26. The molecule has 3 heteroatoms. The highest BCUT2D eigenvalue weighted by Gasteiger charge is 2.19. The van der Waals surface area contributed by atoms with Gasteiger partial charge in [-0.1, -0.05) is 41.5 Å². The number of hydrogen-bond donors (Lipinski definition) is 2. The molecule has 3 nitrogen and oxygen atoms in total. The third kappa shape index (κ3) is 9.94. The van der Waals surface area contributed by atoms with Crippen LogP contribution in [-0.2, 0) is 4.79 Å². The van der Waals surface area contributed by atoms with Crippen LogP contribution in [0.3, 0.4) is 0 Å². The van der Waals surface area contributed by atoms with Crippen LogP contribution in [0.2, 0.25) is 0 Å². The first-order valence-electron chi connectivity index (χ1n) is 7.76. The summed E-state index contributed by atoms with van der Waals surface area (Å²) in [5.41, 5.74) is 0. The van der Waals surface area contributed by atoms with Gasteiger partial charge < -0.3 is 10.6 Å². The van der Waals surface area contributed by atoms with Gasteiger partial charge in [-0.05, 0) is 37.5 Å². The topological polar surface area (TPSA) is 41.1 Å². The van der Waals surface area contributed by atoms with Crippen LogP contribution in [0.4, 0.5) is 0 Å². The number of amides is 1. The lowest BCUT2D eigenvalue weighted by Crippen LogP contribution is -2.48. The van der Waals surface area contributed by atoms with Crippen LogP contribution in [0.15, 0.2) is 0 Å². The van der Waals surface area contributed by atoms with Gasteiger partial charge in [0.2, 0.25) is 5.91 Å². The van der Waals surface area contributed by atoms with Crippen molar-refractivity contribution in [2.24, 2.45) is 17.8 Å². The van der Waals surface area contributed by atoms with Crippen LogP contribution in [0.1, 0.15) is 61.3 Å². The number of rotatable bonds is 9. The summed E-state index contributed by atoms with van der Waals surface area (Å²) >= 11 is 0. The molecule has 0 fully saturated rings. The van der Waals surface area contributed by atoms with E-state index in [1.54, 1.807) is 0 Å². The molecule has 2 N–H and O–H groups in total. The molecule has 0 spiro atoms. The van der Waals surface area contributed by atoms with Crippen LogP contribution < -0.4 is 10.6 Å². The lowest BCUT2D eigenvalue weighted by Gasteiger charge is -2.26. The quantitative estimate of drug-likeness (QED) is 0.675. The second-order valence-corrected chi connectivity index (χ2v) is 6.98. The smallest absolute Gasteiger partial charge is 0.236 e. The van der Waals surface area contributed by atoms with Gasteiger partial charge in [0.15, 0.2) is 0 Å². The molecule has 0 bridgehead atoms. The Morgan fingerprint density at radius 3 is 1.68 bits per heavy atom. The Bertz CT molecular complexity index is 239. The van der Waals surface area contributed by atoms with Gasteiger partial charge in [0.1, 0.15) is 0 Å². The Morgan fingerprint density at radius 2 is 1.32 bits per heavy atom. The van der Waals surface area contributed by atoms with Crippen molar-refractivity contribution in [1.82, 2.24) is 10.6 Å². The van der Waals surface area contributed by atoms with E-state index in [9.17, 15) is 4.79 Å². The molecule has 114 valence electrons. The Morgan fingerprint density at radius 1 is 0.842 bits per heavy atom. The molecule has 1 amide bonds. The lowest BCUT2D eigenvalue weighted by atomic mass is 9.95. The van der Waals surface area contributed by atoms with Crippen LogP contribution >= 0.6 is 0 Å². The van der Waals surface area contributed by atoms with E-state index in [4.69, 9.17) is 0 Å². The minimum absolute atomic E-state index is 0.110. The van der Waals surface area contributed by atoms with Crippen LogP contribution in [0.5, 0.6) is 0 Å².